The van der Waals surface area contributed by atoms with Gasteiger partial charge in [-0.2, -0.15) is 0 Å². The number of carbonyl (C=O) groups is 2. The Labute approximate surface area is 131 Å². The van der Waals surface area contributed by atoms with Gasteiger partial charge in [-0.15, -0.1) is 0 Å². The van der Waals surface area contributed by atoms with E-state index in [9.17, 15) is 24.9 Å². The van der Waals surface area contributed by atoms with E-state index in [4.69, 9.17) is 24.8 Å². The van der Waals surface area contributed by atoms with Crippen LogP contribution in [0.3, 0.4) is 0 Å². The quantitative estimate of drug-likeness (QED) is 0.239. The maximum absolute atomic E-state index is 11.3. The first-order chi connectivity index (χ1) is 10.7. The molecule has 0 aromatic rings. The second kappa shape index (κ2) is 7.97. The number of nitrogens with one attached hydrogen (secondary N) is 1. The third-order valence-electron chi connectivity index (χ3n) is 3.59. The second-order valence-corrected chi connectivity index (χ2v) is 5.14. The van der Waals surface area contributed by atoms with Crippen LogP contribution in [0.1, 0.15) is 6.42 Å². The number of carbonyl (C=O) groups excluding carboxylic acids is 1. The predicted molar refractivity (Wildman–Crippen MR) is 71.0 cm³/mol. The summed E-state index contributed by atoms with van der Waals surface area (Å²) in [6.45, 7) is -1.58. The molecule has 1 saturated heterocycles. The van der Waals surface area contributed by atoms with Crippen molar-refractivity contribution in [3.8, 4) is 0 Å². The molecule has 23 heavy (non-hydrogen) atoms. The van der Waals surface area contributed by atoms with Crippen LogP contribution in [0.5, 0.6) is 0 Å². The third kappa shape index (κ3) is 4.35. The van der Waals surface area contributed by atoms with Crippen molar-refractivity contribution in [2.75, 3.05) is 20.3 Å². The van der Waals surface area contributed by atoms with E-state index in [2.05, 4.69) is 5.32 Å². The number of carboxylic acids is 1. The van der Waals surface area contributed by atoms with Crippen LogP contribution in [0.25, 0.3) is 0 Å². The Morgan fingerprint density at radius 2 is 2.04 bits per heavy atom. The Hall–Kier alpha value is -1.34. The van der Waals surface area contributed by atoms with Crippen molar-refractivity contribution in [3.05, 3.63) is 0 Å². The molecule has 1 heterocycles. The van der Waals surface area contributed by atoms with E-state index in [0.29, 0.717) is 0 Å². The summed E-state index contributed by atoms with van der Waals surface area (Å²) in [6, 6.07) is -1.34. The van der Waals surface area contributed by atoms with E-state index >= 15 is 0 Å². The summed E-state index contributed by atoms with van der Waals surface area (Å²) < 4.78 is 9.77. The molecule has 7 N–H and O–H groups in total. The zero-order valence-electron chi connectivity index (χ0n) is 12.3. The SMILES string of the molecule is COC(CO)C(O)C1OC(O)(C(=O)O)CC(O)C1NC(=O)CO. The van der Waals surface area contributed by atoms with Gasteiger partial charge in [-0.1, -0.05) is 0 Å². The molecular formula is C12H21NO10. The molecule has 0 aliphatic carbocycles. The predicted octanol–water partition coefficient (Wildman–Crippen LogP) is -4.25. The Kier molecular flexibility index (Phi) is 6.83. The van der Waals surface area contributed by atoms with E-state index in [1.165, 1.54) is 0 Å². The number of amides is 1. The van der Waals surface area contributed by atoms with Gasteiger partial charge in [0.15, 0.2) is 0 Å². The first-order valence-electron chi connectivity index (χ1n) is 6.73. The molecule has 1 rings (SSSR count). The maximum Gasteiger partial charge on any atom is 0.364 e. The summed E-state index contributed by atoms with van der Waals surface area (Å²) in [5, 5.41) is 59.2. The minimum absolute atomic E-state index is 0.667. The van der Waals surface area contributed by atoms with Crippen molar-refractivity contribution in [1.29, 1.82) is 0 Å². The summed E-state index contributed by atoms with van der Waals surface area (Å²) in [5.74, 6) is -5.49. The van der Waals surface area contributed by atoms with Crippen molar-refractivity contribution in [3.63, 3.8) is 0 Å². The lowest BCUT2D eigenvalue weighted by atomic mass is 9.88. The average Bonchev–Trinajstić information content (AvgIpc) is 2.50. The fourth-order valence-electron chi connectivity index (χ4n) is 2.34. The number of methoxy groups -OCH3 is 1. The van der Waals surface area contributed by atoms with Gasteiger partial charge in [0.05, 0.1) is 18.8 Å². The van der Waals surface area contributed by atoms with E-state index in [-0.39, 0.29) is 0 Å². The van der Waals surface area contributed by atoms with Gasteiger partial charge < -0.3 is 45.4 Å². The number of aliphatic hydroxyl groups is 5. The topological polar surface area (TPSA) is 186 Å². The number of hydrogen-bond acceptors (Lipinski definition) is 9. The molecular weight excluding hydrogens is 318 g/mol. The number of rotatable bonds is 7. The highest BCUT2D eigenvalue weighted by molar-refractivity contribution is 5.78. The van der Waals surface area contributed by atoms with Crippen LogP contribution in [-0.4, -0.2) is 99.1 Å². The molecule has 1 fully saturated rings. The Morgan fingerprint density at radius 3 is 2.48 bits per heavy atom. The first kappa shape index (κ1) is 19.7. The molecule has 11 heteroatoms. The van der Waals surface area contributed by atoms with Crippen LogP contribution in [-0.2, 0) is 19.1 Å². The van der Waals surface area contributed by atoms with Crippen molar-refractivity contribution < 1.29 is 49.7 Å². The Morgan fingerprint density at radius 1 is 1.43 bits per heavy atom. The normalized spacial score (nSPS) is 33.7. The number of hydrogen-bond donors (Lipinski definition) is 7. The highest BCUT2D eigenvalue weighted by atomic mass is 16.7. The summed E-state index contributed by atoms with van der Waals surface area (Å²) in [7, 11) is 1.16. The fourth-order valence-corrected chi connectivity index (χ4v) is 2.34. The maximum atomic E-state index is 11.3. The van der Waals surface area contributed by atoms with Crippen LogP contribution < -0.4 is 5.32 Å². The molecule has 1 aliphatic heterocycles. The summed E-state index contributed by atoms with van der Waals surface area (Å²) in [6.07, 6.45) is -6.91. The van der Waals surface area contributed by atoms with Gasteiger partial charge in [0.25, 0.3) is 5.79 Å². The molecule has 0 spiro atoms. The zero-order valence-corrected chi connectivity index (χ0v) is 12.3. The monoisotopic (exact) mass is 339 g/mol. The van der Waals surface area contributed by atoms with Gasteiger partial charge in [-0.3, -0.25) is 4.79 Å². The van der Waals surface area contributed by atoms with Gasteiger partial charge in [-0.05, 0) is 0 Å². The molecule has 0 bridgehead atoms. The lowest BCUT2D eigenvalue weighted by molar-refractivity contribution is -0.295. The molecule has 6 atom stereocenters. The van der Waals surface area contributed by atoms with Crippen molar-refractivity contribution >= 4 is 11.9 Å². The van der Waals surface area contributed by atoms with E-state index in [0.717, 1.165) is 7.11 Å². The smallest absolute Gasteiger partial charge is 0.364 e. The van der Waals surface area contributed by atoms with Gasteiger partial charge in [0.1, 0.15) is 24.9 Å². The Balaban J connectivity index is 3.11. The molecule has 0 radical (unpaired) electrons. The van der Waals surface area contributed by atoms with Crippen LogP contribution in [0.15, 0.2) is 0 Å². The van der Waals surface area contributed by atoms with Crippen LogP contribution in [0, 0.1) is 0 Å². The van der Waals surface area contributed by atoms with Crippen LogP contribution in [0.4, 0.5) is 0 Å². The molecule has 1 amide bonds. The Bertz CT molecular complexity index is 428. The number of carboxylic acid groups (broad SMARTS) is 1. The third-order valence-corrected chi connectivity index (χ3v) is 3.59. The molecule has 0 aromatic heterocycles. The largest absolute Gasteiger partial charge is 0.477 e. The lowest BCUT2D eigenvalue weighted by Gasteiger charge is -2.45. The number of aliphatic hydroxyl groups excluding tert-OH is 4. The minimum Gasteiger partial charge on any atom is -0.477 e. The fraction of sp³-hybridized carbons (Fsp3) is 0.833. The molecule has 6 unspecified atom stereocenters. The average molecular weight is 339 g/mol. The minimum atomic E-state index is -2.79. The molecule has 11 nitrogen and oxygen atoms in total. The summed E-state index contributed by atoms with van der Waals surface area (Å²) >= 11 is 0. The molecule has 0 saturated carbocycles. The van der Waals surface area contributed by atoms with Crippen LogP contribution in [0.2, 0.25) is 0 Å². The first-order valence-corrected chi connectivity index (χ1v) is 6.73. The molecule has 1 aliphatic rings. The van der Waals surface area contributed by atoms with Gasteiger partial charge in [-0.25, -0.2) is 4.79 Å². The number of aliphatic carboxylic acids is 1. The summed E-state index contributed by atoms with van der Waals surface area (Å²) in [5.41, 5.74) is 0. The van der Waals surface area contributed by atoms with E-state index < -0.39 is 67.8 Å². The highest BCUT2D eigenvalue weighted by Gasteiger charge is 2.54. The van der Waals surface area contributed by atoms with Crippen molar-refractivity contribution in [2.24, 2.45) is 0 Å². The lowest BCUT2D eigenvalue weighted by Crippen LogP contribution is -2.67. The summed E-state index contributed by atoms with van der Waals surface area (Å²) in [4.78, 5) is 22.4. The highest BCUT2D eigenvalue weighted by Crippen LogP contribution is 2.30. The van der Waals surface area contributed by atoms with E-state index in [1.54, 1.807) is 0 Å². The van der Waals surface area contributed by atoms with Crippen LogP contribution >= 0.6 is 0 Å². The van der Waals surface area contributed by atoms with E-state index in [1.807, 2.05) is 0 Å². The second-order valence-electron chi connectivity index (χ2n) is 5.14. The standard InChI is InChI=1S/C12H21NO10/c1-22-6(3-14)9(18)10-8(13-7(17)4-15)5(16)2-12(21,23-10)11(19)20/h5-6,8-10,14-16,18,21H,2-4H2,1H3,(H,13,17)(H,19,20). The van der Waals surface area contributed by atoms with Gasteiger partial charge >= 0.3 is 5.97 Å². The molecule has 0 aromatic carbocycles. The number of ether oxygens (including phenoxy) is 2. The van der Waals surface area contributed by atoms with Crippen molar-refractivity contribution in [1.82, 2.24) is 5.32 Å². The molecule has 134 valence electrons. The zero-order chi connectivity index (χ0) is 17.8. The van der Waals surface area contributed by atoms with Crippen molar-refractivity contribution in [2.45, 2.75) is 42.7 Å². The van der Waals surface area contributed by atoms with Gasteiger partial charge in [0.2, 0.25) is 5.91 Å². The van der Waals surface area contributed by atoms with Gasteiger partial charge in [0, 0.05) is 13.5 Å².